The van der Waals surface area contributed by atoms with Gasteiger partial charge in [0.25, 0.3) is 0 Å². The lowest BCUT2D eigenvalue weighted by Crippen LogP contribution is -2.05. The second-order valence-corrected chi connectivity index (χ2v) is 5.91. The lowest BCUT2D eigenvalue weighted by molar-refractivity contribution is 0.173. The molecule has 1 N–H and O–H groups in total. The Hall–Kier alpha value is -0.810. The number of aromatic nitrogens is 1. The average Bonchev–Trinajstić information content (AvgIpc) is 2.38. The van der Waals surface area contributed by atoms with Crippen molar-refractivity contribution in [2.75, 3.05) is 7.11 Å². The van der Waals surface area contributed by atoms with Gasteiger partial charge in [0, 0.05) is 12.6 Å². The Morgan fingerprint density at radius 3 is 2.70 bits per heavy atom. The highest BCUT2D eigenvalue weighted by molar-refractivity contribution is 9.10. The molecule has 1 heterocycles. The van der Waals surface area contributed by atoms with E-state index >= 15 is 0 Å². The quantitative estimate of drug-likeness (QED) is 0.857. The first-order valence-corrected chi connectivity index (χ1v) is 7.37. The number of nitrogens with zero attached hydrogens (tertiary/aromatic N) is 1. The molecule has 0 spiro atoms. The zero-order valence-corrected chi connectivity index (χ0v) is 13.7. The number of methoxy groups -OCH3 is 1. The molecule has 0 amide bonds. The van der Waals surface area contributed by atoms with E-state index in [1.165, 1.54) is 6.20 Å². The number of ether oxygens (including phenoxy) is 1. The van der Waals surface area contributed by atoms with Gasteiger partial charge in [0.2, 0.25) is 0 Å². The van der Waals surface area contributed by atoms with Gasteiger partial charge in [0.05, 0.1) is 27.3 Å². The molecule has 0 saturated carbocycles. The van der Waals surface area contributed by atoms with Gasteiger partial charge in [-0.25, -0.2) is 0 Å². The van der Waals surface area contributed by atoms with Gasteiger partial charge in [-0.15, -0.1) is 0 Å². The zero-order valence-electron chi connectivity index (χ0n) is 10.6. The largest absolute Gasteiger partial charge is 0.496 e. The van der Waals surface area contributed by atoms with E-state index in [9.17, 15) is 5.11 Å². The maximum Gasteiger partial charge on any atom is 0.133 e. The molecule has 2 aromatic rings. The predicted octanol–water partition coefficient (Wildman–Crippen LogP) is 4.44. The molecule has 0 radical (unpaired) electrons. The summed E-state index contributed by atoms with van der Waals surface area (Å²) in [6.45, 7) is 0. The van der Waals surface area contributed by atoms with Gasteiger partial charge in [-0.05, 0) is 39.7 Å². The van der Waals surface area contributed by atoms with Crippen LogP contribution in [-0.2, 0) is 6.42 Å². The van der Waals surface area contributed by atoms with Crippen molar-refractivity contribution in [2.24, 2.45) is 0 Å². The van der Waals surface area contributed by atoms with Gasteiger partial charge >= 0.3 is 0 Å². The molecule has 0 aliphatic rings. The Morgan fingerprint density at radius 2 is 2.10 bits per heavy atom. The number of aliphatic hydroxyl groups excluding tert-OH is 1. The third-order valence-electron chi connectivity index (χ3n) is 2.80. The van der Waals surface area contributed by atoms with Gasteiger partial charge in [-0.3, -0.25) is 4.98 Å². The SMILES string of the molecule is COc1ccc(CC(O)c2ncc(Cl)cc2Cl)cc1Br. The smallest absolute Gasteiger partial charge is 0.133 e. The van der Waals surface area contributed by atoms with E-state index < -0.39 is 6.10 Å². The van der Waals surface area contributed by atoms with Crippen LogP contribution in [0, 0.1) is 0 Å². The monoisotopic (exact) mass is 375 g/mol. The molecule has 0 fully saturated rings. The van der Waals surface area contributed by atoms with Gasteiger partial charge < -0.3 is 9.84 Å². The van der Waals surface area contributed by atoms with E-state index in [0.29, 0.717) is 22.2 Å². The van der Waals surface area contributed by atoms with Crippen LogP contribution in [0.25, 0.3) is 0 Å². The lowest BCUT2D eigenvalue weighted by atomic mass is 10.1. The van der Waals surface area contributed by atoms with E-state index in [1.807, 2.05) is 18.2 Å². The van der Waals surface area contributed by atoms with Crippen LogP contribution < -0.4 is 4.74 Å². The number of aliphatic hydroxyl groups is 1. The van der Waals surface area contributed by atoms with Gasteiger partial charge in [0.15, 0.2) is 0 Å². The molecule has 1 atom stereocenters. The molecule has 1 aromatic heterocycles. The van der Waals surface area contributed by atoms with Crippen LogP contribution in [0.5, 0.6) is 5.75 Å². The zero-order chi connectivity index (χ0) is 14.7. The molecule has 106 valence electrons. The van der Waals surface area contributed by atoms with Gasteiger partial charge in [-0.2, -0.15) is 0 Å². The topological polar surface area (TPSA) is 42.4 Å². The highest BCUT2D eigenvalue weighted by Crippen LogP contribution is 2.29. The minimum atomic E-state index is -0.792. The van der Waals surface area contributed by atoms with Crippen molar-refractivity contribution < 1.29 is 9.84 Å². The van der Waals surface area contributed by atoms with Gasteiger partial charge in [-0.1, -0.05) is 29.3 Å². The van der Waals surface area contributed by atoms with E-state index in [-0.39, 0.29) is 0 Å². The van der Waals surface area contributed by atoms with Crippen LogP contribution in [0.15, 0.2) is 34.9 Å². The van der Waals surface area contributed by atoms with Crippen molar-refractivity contribution >= 4 is 39.1 Å². The minimum absolute atomic E-state index is 0.359. The summed E-state index contributed by atoms with van der Waals surface area (Å²) in [5, 5.41) is 11.0. The fourth-order valence-corrected chi connectivity index (χ4v) is 2.92. The summed E-state index contributed by atoms with van der Waals surface area (Å²) in [5.74, 6) is 0.742. The maximum atomic E-state index is 10.2. The van der Waals surface area contributed by atoms with Crippen molar-refractivity contribution in [3.63, 3.8) is 0 Å². The standard InChI is InChI=1S/C14H12BrCl2NO2/c1-20-13-3-2-8(4-10(13)15)5-12(19)14-11(17)6-9(16)7-18-14/h2-4,6-7,12,19H,5H2,1H3. The van der Waals surface area contributed by atoms with Crippen molar-refractivity contribution in [3.8, 4) is 5.75 Å². The number of hydrogen-bond donors (Lipinski definition) is 1. The van der Waals surface area contributed by atoms with E-state index in [2.05, 4.69) is 20.9 Å². The normalized spacial score (nSPS) is 12.2. The number of rotatable bonds is 4. The van der Waals surface area contributed by atoms with Crippen LogP contribution in [0.2, 0.25) is 10.0 Å². The van der Waals surface area contributed by atoms with Crippen molar-refractivity contribution in [3.05, 3.63) is 56.2 Å². The Labute approximate surface area is 135 Å². The summed E-state index contributed by atoms with van der Waals surface area (Å²) in [6.07, 6.45) is 1.08. The Bertz CT molecular complexity index is 622. The summed E-state index contributed by atoms with van der Waals surface area (Å²) in [4.78, 5) is 4.08. The van der Waals surface area contributed by atoms with E-state index in [0.717, 1.165) is 15.8 Å². The first kappa shape index (κ1) is 15.6. The molecular weight excluding hydrogens is 365 g/mol. The van der Waals surface area contributed by atoms with E-state index in [4.69, 9.17) is 27.9 Å². The molecule has 3 nitrogen and oxygen atoms in total. The molecule has 0 bridgehead atoms. The molecular formula is C14H12BrCl2NO2. The second kappa shape index (κ2) is 6.76. The van der Waals surface area contributed by atoms with Crippen LogP contribution in [-0.4, -0.2) is 17.2 Å². The second-order valence-electron chi connectivity index (χ2n) is 4.21. The third-order valence-corrected chi connectivity index (χ3v) is 3.93. The summed E-state index contributed by atoms with van der Waals surface area (Å²) in [6, 6.07) is 7.18. The van der Waals surface area contributed by atoms with Crippen molar-refractivity contribution in [1.29, 1.82) is 0 Å². The molecule has 1 aromatic carbocycles. The minimum Gasteiger partial charge on any atom is -0.496 e. The van der Waals surface area contributed by atoms with Crippen molar-refractivity contribution in [1.82, 2.24) is 4.98 Å². The fourth-order valence-electron chi connectivity index (χ4n) is 1.83. The van der Waals surface area contributed by atoms with Crippen LogP contribution in [0.1, 0.15) is 17.4 Å². The van der Waals surface area contributed by atoms with Crippen LogP contribution in [0.3, 0.4) is 0 Å². The molecule has 0 aliphatic carbocycles. The molecule has 0 saturated heterocycles. The molecule has 6 heteroatoms. The summed E-state index contributed by atoms with van der Waals surface area (Å²) >= 11 is 15.2. The molecule has 1 unspecified atom stereocenters. The van der Waals surface area contributed by atoms with Crippen LogP contribution in [0.4, 0.5) is 0 Å². The Morgan fingerprint density at radius 1 is 1.35 bits per heavy atom. The molecule has 2 rings (SSSR count). The average molecular weight is 377 g/mol. The predicted molar refractivity (Wildman–Crippen MR) is 83.6 cm³/mol. The van der Waals surface area contributed by atoms with E-state index in [1.54, 1.807) is 13.2 Å². The number of halogens is 3. The highest BCUT2D eigenvalue weighted by Gasteiger charge is 2.15. The molecule has 0 aliphatic heterocycles. The highest BCUT2D eigenvalue weighted by atomic mass is 79.9. The lowest BCUT2D eigenvalue weighted by Gasteiger charge is -2.13. The Kier molecular flexibility index (Phi) is 5.27. The summed E-state index contributed by atoms with van der Waals surface area (Å²) in [7, 11) is 1.60. The fraction of sp³-hybridized carbons (Fsp3) is 0.214. The molecule has 20 heavy (non-hydrogen) atoms. The number of pyridine rings is 1. The number of benzene rings is 1. The third kappa shape index (κ3) is 3.64. The van der Waals surface area contributed by atoms with Crippen molar-refractivity contribution in [2.45, 2.75) is 12.5 Å². The van der Waals surface area contributed by atoms with Gasteiger partial charge in [0.1, 0.15) is 11.9 Å². The number of hydrogen-bond acceptors (Lipinski definition) is 3. The Balaban J connectivity index is 2.18. The first-order valence-electron chi connectivity index (χ1n) is 5.82. The summed E-state index contributed by atoms with van der Waals surface area (Å²) < 4.78 is 6.00. The van der Waals surface area contributed by atoms with Crippen LogP contribution >= 0.6 is 39.1 Å². The maximum absolute atomic E-state index is 10.2. The first-order chi connectivity index (χ1) is 9.51. The summed E-state index contributed by atoms with van der Waals surface area (Å²) in [5.41, 5.74) is 1.36.